The number of hydrogen-bond acceptors (Lipinski definition) is 3. The molecule has 0 aliphatic carbocycles. The highest BCUT2D eigenvalue weighted by atomic mass is 16.5. The quantitative estimate of drug-likeness (QED) is 0.591. The van der Waals surface area contributed by atoms with Crippen LogP contribution in [0.2, 0.25) is 0 Å². The molecular formula is C8H13N3O2. The summed E-state index contributed by atoms with van der Waals surface area (Å²) in [5.74, 6) is 0.573. The van der Waals surface area contributed by atoms with Gasteiger partial charge in [-0.3, -0.25) is 15.1 Å². The second-order valence-corrected chi connectivity index (χ2v) is 3.38. The zero-order chi connectivity index (χ0) is 9.31. The molecule has 0 bridgehead atoms. The van der Waals surface area contributed by atoms with E-state index in [1.54, 1.807) is 0 Å². The summed E-state index contributed by atoms with van der Waals surface area (Å²) in [5, 5.41) is 5.75. The van der Waals surface area contributed by atoms with Crippen molar-refractivity contribution in [1.29, 1.82) is 0 Å². The Morgan fingerprint density at radius 2 is 2.38 bits per heavy atom. The first kappa shape index (κ1) is 8.50. The van der Waals surface area contributed by atoms with Crippen molar-refractivity contribution in [3.05, 3.63) is 0 Å². The lowest BCUT2D eigenvalue weighted by molar-refractivity contribution is -0.141. The number of ether oxygens (including phenoxy) is 1. The maximum Gasteiger partial charge on any atom is 0.257 e. The molecule has 1 spiro atoms. The van der Waals surface area contributed by atoms with E-state index in [1.807, 2.05) is 6.92 Å². The van der Waals surface area contributed by atoms with E-state index in [1.165, 1.54) is 0 Å². The molecule has 72 valence electrons. The molecule has 13 heavy (non-hydrogen) atoms. The Kier molecular flexibility index (Phi) is 1.95. The fourth-order valence-corrected chi connectivity index (χ4v) is 1.35. The third-order valence-corrected chi connectivity index (χ3v) is 2.21. The largest absolute Gasteiger partial charge is 0.375 e. The van der Waals surface area contributed by atoms with Crippen LogP contribution in [-0.2, 0) is 9.53 Å². The molecule has 5 heteroatoms. The van der Waals surface area contributed by atoms with Crippen molar-refractivity contribution in [3.8, 4) is 0 Å². The van der Waals surface area contributed by atoms with Gasteiger partial charge in [-0.25, -0.2) is 0 Å². The monoisotopic (exact) mass is 183 g/mol. The summed E-state index contributed by atoms with van der Waals surface area (Å²) in [5.41, 5.74) is -0.507. The molecule has 0 atom stereocenters. The van der Waals surface area contributed by atoms with Gasteiger partial charge < -0.3 is 10.1 Å². The smallest absolute Gasteiger partial charge is 0.257 e. The molecule has 2 aliphatic heterocycles. The Morgan fingerprint density at radius 3 is 2.85 bits per heavy atom. The highest BCUT2D eigenvalue weighted by Gasteiger charge is 2.51. The van der Waals surface area contributed by atoms with E-state index in [9.17, 15) is 4.79 Å². The summed E-state index contributed by atoms with van der Waals surface area (Å²) in [4.78, 5) is 15.6. The average Bonchev–Trinajstić information content (AvgIpc) is 2.38. The predicted octanol–water partition coefficient (Wildman–Crippen LogP) is -0.759. The first-order valence-electron chi connectivity index (χ1n) is 4.49. The summed E-state index contributed by atoms with van der Waals surface area (Å²) in [7, 11) is 0. The third-order valence-electron chi connectivity index (χ3n) is 2.21. The van der Waals surface area contributed by atoms with Crippen molar-refractivity contribution in [2.45, 2.75) is 18.9 Å². The molecule has 0 radical (unpaired) electrons. The van der Waals surface area contributed by atoms with Crippen LogP contribution in [0.5, 0.6) is 0 Å². The summed E-state index contributed by atoms with van der Waals surface area (Å²) >= 11 is 0. The van der Waals surface area contributed by atoms with Gasteiger partial charge in [-0.05, 0) is 6.42 Å². The van der Waals surface area contributed by atoms with Crippen molar-refractivity contribution in [1.82, 2.24) is 10.6 Å². The van der Waals surface area contributed by atoms with Crippen LogP contribution >= 0.6 is 0 Å². The van der Waals surface area contributed by atoms with Gasteiger partial charge in [-0.1, -0.05) is 6.92 Å². The lowest BCUT2D eigenvalue weighted by Crippen LogP contribution is -2.62. The number of carbonyl (C=O) groups excluding carboxylic acids is 1. The van der Waals surface area contributed by atoms with Crippen molar-refractivity contribution < 1.29 is 9.53 Å². The minimum Gasteiger partial charge on any atom is -0.375 e. The Morgan fingerprint density at radius 1 is 1.62 bits per heavy atom. The predicted molar refractivity (Wildman–Crippen MR) is 47.4 cm³/mol. The fourth-order valence-electron chi connectivity index (χ4n) is 1.35. The maximum absolute atomic E-state index is 11.4. The van der Waals surface area contributed by atoms with E-state index in [4.69, 9.17) is 4.74 Å². The molecule has 0 aromatic heterocycles. The van der Waals surface area contributed by atoms with Crippen LogP contribution in [0.4, 0.5) is 0 Å². The number of amides is 1. The molecule has 1 amide bonds. The van der Waals surface area contributed by atoms with Crippen LogP contribution in [0, 0.1) is 0 Å². The number of nitrogens with zero attached hydrogens (tertiary/aromatic N) is 1. The van der Waals surface area contributed by atoms with Crippen LogP contribution in [0.15, 0.2) is 4.99 Å². The highest BCUT2D eigenvalue weighted by Crippen LogP contribution is 2.20. The van der Waals surface area contributed by atoms with Crippen LogP contribution in [0.25, 0.3) is 0 Å². The molecule has 2 saturated heterocycles. The maximum atomic E-state index is 11.4. The summed E-state index contributed by atoms with van der Waals surface area (Å²) in [6.07, 6.45) is 0.977. The second-order valence-electron chi connectivity index (χ2n) is 3.38. The summed E-state index contributed by atoms with van der Waals surface area (Å²) < 4.78 is 5.00. The number of aliphatic imine (C=N–C) groups is 1. The van der Waals surface area contributed by atoms with Crippen molar-refractivity contribution in [2.24, 2.45) is 4.99 Å². The molecule has 2 N–H and O–H groups in total. The molecule has 2 heterocycles. The number of carbonyl (C=O) groups is 1. The standard InChI is InChI=1S/C8H13N3O2/c1-2-3-9-7-10-6(12)8(11-7)4-13-5-8/h2-5H2,1H3,(H2,9,10,11,12). The minimum atomic E-state index is -0.507. The third kappa shape index (κ3) is 1.29. The summed E-state index contributed by atoms with van der Waals surface area (Å²) in [6.45, 7) is 3.68. The minimum absolute atomic E-state index is 0.0198. The van der Waals surface area contributed by atoms with Crippen molar-refractivity contribution in [2.75, 3.05) is 19.8 Å². The molecule has 0 unspecified atom stereocenters. The molecule has 2 fully saturated rings. The van der Waals surface area contributed by atoms with Crippen molar-refractivity contribution in [3.63, 3.8) is 0 Å². The first-order valence-corrected chi connectivity index (χ1v) is 4.49. The van der Waals surface area contributed by atoms with E-state index < -0.39 is 5.54 Å². The SMILES string of the molecule is CCCN=C1NC(=O)C2(COC2)N1. The van der Waals surface area contributed by atoms with Crippen molar-refractivity contribution >= 4 is 11.9 Å². The molecule has 0 aromatic rings. The average molecular weight is 183 g/mol. The topological polar surface area (TPSA) is 62.7 Å². The lowest BCUT2D eigenvalue weighted by Gasteiger charge is -2.34. The zero-order valence-corrected chi connectivity index (χ0v) is 7.59. The van der Waals surface area contributed by atoms with Gasteiger partial charge in [-0.2, -0.15) is 0 Å². The Labute approximate surface area is 76.6 Å². The number of guanidine groups is 1. The molecular weight excluding hydrogens is 170 g/mol. The molecule has 5 nitrogen and oxygen atoms in total. The van der Waals surface area contributed by atoms with Gasteiger partial charge in [0.2, 0.25) is 0 Å². The van der Waals surface area contributed by atoms with Crippen LogP contribution in [0.3, 0.4) is 0 Å². The molecule has 2 rings (SSSR count). The van der Waals surface area contributed by atoms with Crippen LogP contribution < -0.4 is 10.6 Å². The van der Waals surface area contributed by atoms with Gasteiger partial charge in [0.05, 0.1) is 13.2 Å². The lowest BCUT2D eigenvalue weighted by atomic mass is 9.99. The van der Waals surface area contributed by atoms with Gasteiger partial charge in [0.25, 0.3) is 5.91 Å². The Hall–Kier alpha value is -1.10. The normalized spacial score (nSPS) is 27.2. The molecule has 0 saturated carbocycles. The number of rotatable bonds is 2. The van der Waals surface area contributed by atoms with E-state index in [0.29, 0.717) is 19.2 Å². The Balaban J connectivity index is 2.02. The van der Waals surface area contributed by atoms with Gasteiger partial charge in [0, 0.05) is 6.54 Å². The molecule has 0 aromatic carbocycles. The first-order chi connectivity index (χ1) is 6.27. The van der Waals surface area contributed by atoms with Crippen LogP contribution in [0.1, 0.15) is 13.3 Å². The fraction of sp³-hybridized carbons (Fsp3) is 0.750. The van der Waals surface area contributed by atoms with E-state index in [2.05, 4.69) is 15.6 Å². The van der Waals surface area contributed by atoms with E-state index in [-0.39, 0.29) is 5.91 Å². The van der Waals surface area contributed by atoms with Gasteiger partial charge in [0.1, 0.15) is 0 Å². The van der Waals surface area contributed by atoms with E-state index in [0.717, 1.165) is 13.0 Å². The summed E-state index contributed by atoms with van der Waals surface area (Å²) in [6, 6.07) is 0. The molecule has 2 aliphatic rings. The van der Waals surface area contributed by atoms with E-state index >= 15 is 0 Å². The number of hydrogen-bond donors (Lipinski definition) is 2. The zero-order valence-electron chi connectivity index (χ0n) is 7.59. The van der Waals surface area contributed by atoms with Gasteiger partial charge in [-0.15, -0.1) is 0 Å². The Bertz CT molecular complexity index is 258. The highest BCUT2D eigenvalue weighted by molar-refractivity contribution is 6.09. The van der Waals surface area contributed by atoms with Gasteiger partial charge >= 0.3 is 0 Å². The second kappa shape index (κ2) is 2.99. The van der Waals surface area contributed by atoms with Gasteiger partial charge in [0.15, 0.2) is 11.5 Å². The number of nitrogens with one attached hydrogen (secondary N) is 2. The van der Waals surface area contributed by atoms with Crippen LogP contribution in [-0.4, -0.2) is 37.2 Å².